The van der Waals surface area contributed by atoms with Crippen molar-refractivity contribution in [2.24, 2.45) is 23.5 Å². The molecule has 0 spiro atoms. The second kappa shape index (κ2) is 5.53. The van der Waals surface area contributed by atoms with Crippen LogP contribution in [0.3, 0.4) is 0 Å². The van der Waals surface area contributed by atoms with E-state index in [4.69, 9.17) is 11.5 Å². The molecule has 0 radical (unpaired) electrons. The average molecular weight is 288 g/mol. The van der Waals surface area contributed by atoms with Gasteiger partial charge in [0.1, 0.15) is 0 Å². The first-order chi connectivity index (χ1) is 9.91. The normalized spacial score (nSPS) is 11.4. The number of nitrogens with two attached hydrogens (primary N) is 2. The summed E-state index contributed by atoms with van der Waals surface area (Å²) in [6.07, 6.45) is 0. The van der Waals surface area contributed by atoms with Gasteiger partial charge in [-0.2, -0.15) is 0 Å². The SMILES string of the molecule is Cc1c(N=C(N)NC(N)=O)c(=O)n(-c2ccccc2)n1C. The second-order valence-electron chi connectivity index (χ2n) is 4.40. The molecule has 2 aromatic rings. The van der Waals surface area contributed by atoms with E-state index in [-0.39, 0.29) is 17.2 Å². The Morgan fingerprint density at radius 2 is 1.86 bits per heavy atom. The summed E-state index contributed by atoms with van der Waals surface area (Å²) in [6.45, 7) is 1.73. The first-order valence-electron chi connectivity index (χ1n) is 6.16. The van der Waals surface area contributed by atoms with Gasteiger partial charge in [0.15, 0.2) is 5.69 Å². The van der Waals surface area contributed by atoms with Crippen molar-refractivity contribution in [2.45, 2.75) is 6.92 Å². The number of amides is 2. The van der Waals surface area contributed by atoms with Gasteiger partial charge in [-0.15, -0.1) is 0 Å². The summed E-state index contributed by atoms with van der Waals surface area (Å²) in [4.78, 5) is 27.1. The maximum absolute atomic E-state index is 12.5. The summed E-state index contributed by atoms with van der Waals surface area (Å²) < 4.78 is 3.12. The Kier molecular flexibility index (Phi) is 3.79. The number of urea groups is 1. The maximum Gasteiger partial charge on any atom is 0.318 e. The minimum atomic E-state index is -0.840. The van der Waals surface area contributed by atoms with E-state index in [2.05, 4.69) is 10.3 Å². The molecule has 2 amide bonds. The Hall–Kier alpha value is -3.03. The Balaban J connectivity index is 2.56. The molecule has 21 heavy (non-hydrogen) atoms. The monoisotopic (exact) mass is 288 g/mol. The molecule has 0 unspecified atom stereocenters. The van der Waals surface area contributed by atoms with Gasteiger partial charge < -0.3 is 11.5 Å². The van der Waals surface area contributed by atoms with E-state index < -0.39 is 6.03 Å². The van der Waals surface area contributed by atoms with Crippen LogP contribution in [0.4, 0.5) is 10.5 Å². The molecule has 0 bridgehead atoms. The Morgan fingerprint density at radius 1 is 1.24 bits per heavy atom. The molecule has 1 heterocycles. The van der Waals surface area contributed by atoms with E-state index in [0.29, 0.717) is 11.4 Å². The Labute approximate surface area is 120 Å². The molecule has 110 valence electrons. The molecule has 8 heteroatoms. The number of primary amides is 1. The molecular weight excluding hydrogens is 272 g/mol. The van der Waals surface area contributed by atoms with Crippen molar-refractivity contribution in [1.82, 2.24) is 14.7 Å². The van der Waals surface area contributed by atoms with Crippen LogP contribution in [0.15, 0.2) is 40.1 Å². The highest BCUT2D eigenvalue weighted by Crippen LogP contribution is 2.16. The van der Waals surface area contributed by atoms with Gasteiger partial charge in [-0.3, -0.25) is 14.8 Å². The zero-order chi connectivity index (χ0) is 15.6. The fourth-order valence-corrected chi connectivity index (χ4v) is 1.96. The molecule has 5 N–H and O–H groups in total. The topological polar surface area (TPSA) is 120 Å². The third-order valence-corrected chi connectivity index (χ3v) is 3.01. The number of aromatic nitrogens is 2. The molecule has 2 rings (SSSR count). The van der Waals surface area contributed by atoms with Crippen LogP contribution in [0.2, 0.25) is 0 Å². The van der Waals surface area contributed by atoms with Crippen LogP contribution in [-0.2, 0) is 7.05 Å². The van der Waals surface area contributed by atoms with Gasteiger partial charge in [-0.1, -0.05) is 18.2 Å². The van der Waals surface area contributed by atoms with E-state index in [9.17, 15) is 9.59 Å². The van der Waals surface area contributed by atoms with Crippen molar-refractivity contribution >= 4 is 17.7 Å². The molecular formula is C13H16N6O2. The molecule has 0 saturated heterocycles. The maximum atomic E-state index is 12.5. The lowest BCUT2D eigenvalue weighted by molar-refractivity contribution is 0.253. The molecule has 0 aliphatic rings. The molecule has 1 aromatic heterocycles. The minimum absolute atomic E-state index is 0.146. The van der Waals surface area contributed by atoms with Crippen LogP contribution in [0, 0.1) is 6.92 Å². The molecule has 0 aliphatic heterocycles. The van der Waals surface area contributed by atoms with E-state index in [1.165, 1.54) is 4.68 Å². The first-order valence-corrected chi connectivity index (χ1v) is 6.16. The third-order valence-electron chi connectivity index (χ3n) is 3.01. The number of carbonyl (C=O) groups excluding carboxylic acids is 1. The number of aliphatic imine (C=N–C) groups is 1. The van der Waals surface area contributed by atoms with Gasteiger partial charge in [0.25, 0.3) is 5.56 Å². The number of para-hydroxylation sites is 1. The van der Waals surface area contributed by atoms with Gasteiger partial charge >= 0.3 is 6.03 Å². The second-order valence-corrected chi connectivity index (χ2v) is 4.40. The summed E-state index contributed by atoms with van der Waals surface area (Å²) >= 11 is 0. The Morgan fingerprint density at radius 3 is 2.43 bits per heavy atom. The summed E-state index contributed by atoms with van der Waals surface area (Å²) in [5, 5.41) is 2.12. The molecule has 0 atom stereocenters. The van der Waals surface area contributed by atoms with Gasteiger partial charge in [-0.25, -0.2) is 14.5 Å². The molecule has 0 fully saturated rings. The smallest absolute Gasteiger partial charge is 0.318 e. The number of benzene rings is 1. The highest BCUT2D eigenvalue weighted by atomic mass is 16.2. The summed E-state index contributed by atoms with van der Waals surface area (Å²) in [5.74, 6) is -0.228. The van der Waals surface area contributed by atoms with E-state index in [1.807, 2.05) is 18.2 Å². The van der Waals surface area contributed by atoms with Crippen LogP contribution < -0.4 is 22.3 Å². The average Bonchev–Trinajstić information content (AvgIpc) is 2.63. The van der Waals surface area contributed by atoms with E-state index in [1.54, 1.807) is 30.8 Å². The molecule has 1 aromatic carbocycles. The van der Waals surface area contributed by atoms with E-state index >= 15 is 0 Å². The number of carbonyl (C=O) groups is 1. The summed E-state index contributed by atoms with van der Waals surface area (Å²) in [7, 11) is 1.74. The van der Waals surface area contributed by atoms with Gasteiger partial charge in [0.2, 0.25) is 5.96 Å². The molecule has 0 aliphatic carbocycles. The highest BCUT2D eigenvalue weighted by Gasteiger charge is 2.16. The fraction of sp³-hybridized carbons (Fsp3) is 0.154. The van der Waals surface area contributed by atoms with Crippen molar-refractivity contribution in [2.75, 3.05) is 0 Å². The fourth-order valence-electron chi connectivity index (χ4n) is 1.96. The lowest BCUT2D eigenvalue weighted by Crippen LogP contribution is -2.40. The van der Waals surface area contributed by atoms with Crippen molar-refractivity contribution in [3.05, 3.63) is 46.4 Å². The molecule has 0 saturated carbocycles. The first kappa shape index (κ1) is 14.4. The Bertz CT molecular complexity index is 757. The van der Waals surface area contributed by atoms with Crippen molar-refractivity contribution in [3.8, 4) is 5.69 Å². The molecule has 8 nitrogen and oxygen atoms in total. The zero-order valence-electron chi connectivity index (χ0n) is 11.7. The number of nitrogens with zero attached hydrogens (tertiary/aromatic N) is 3. The van der Waals surface area contributed by atoms with Gasteiger partial charge in [0, 0.05) is 7.05 Å². The predicted molar refractivity (Wildman–Crippen MR) is 79.7 cm³/mol. The van der Waals surface area contributed by atoms with Crippen LogP contribution in [0.25, 0.3) is 5.69 Å². The predicted octanol–water partition coefficient (Wildman–Crippen LogP) is 0.0989. The van der Waals surface area contributed by atoms with Crippen molar-refractivity contribution < 1.29 is 4.79 Å². The number of nitrogens with one attached hydrogen (secondary N) is 1. The number of rotatable bonds is 2. The van der Waals surface area contributed by atoms with Gasteiger partial charge in [-0.05, 0) is 19.1 Å². The number of hydrogen-bond acceptors (Lipinski definition) is 3. The summed E-state index contributed by atoms with van der Waals surface area (Å²) in [6, 6.07) is 8.29. The van der Waals surface area contributed by atoms with Crippen LogP contribution >= 0.6 is 0 Å². The standard InChI is InChI=1S/C13H16N6O2/c1-8-10(16-12(14)17-13(15)21)11(20)19(18(8)2)9-6-4-3-5-7-9/h3-7H,1-2H3,(H5,14,15,16,17,21). The quantitative estimate of drug-likeness (QED) is 0.536. The van der Waals surface area contributed by atoms with Crippen molar-refractivity contribution in [1.29, 1.82) is 0 Å². The number of hydrogen-bond donors (Lipinski definition) is 3. The minimum Gasteiger partial charge on any atom is -0.369 e. The zero-order valence-corrected chi connectivity index (χ0v) is 11.7. The van der Waals surface area contributed by atoms with Crippen LogP contribution in [-0.4, -0.2) is 21.4 Å². The lowest BCUT2D eigenvalue weighted by atomic mass is 10.3. The highest BCUT2D eigenvalue weighted by molar-refractivity contribution is 5.95. The largest absolute Gasteiger partial charge is 0.369 e. The van der Waals surface area contributed by atoms with Crippen LogP contribution in [0.1, 0.15) is 5.69 Å². The lowest BCUT2D eigenvalue weighted by Gasteiger charge is -2.07. The van der Waals surface area contributed by atoms with E-state index in [0.717, 1.165) is 0 Å². The third kappa shape index (κ3) is 2.78. The van der Waals surface area contributed by atoms with Crippen LogP contribution in [0.5, 0.6) is 0 Å². The number of guanidine groups is 1. The van der Waals surface area contributed by atoms with Crippen molar-refractivity contribution in [3.63, 3.8) is 0 Å². The summed E-state index contributed by atoms with van der Waals surface area (Å²) in [5.41, 5.74) is 11.6. The van der Waals surface area contributed by atoms with Gasteiger partial charge in [0.05, 0.1) is 11.4 Å².